The highest BCUT2D eigenvalue weighted by molar-refractivity contribution is 5.97. The van der Waals surface area contributed by atoms with E-state index in [4.69, 9.17) is 0 Å². The highest BCUT2D eigenvalue weighted by atomic mass is 16.1. The average Bonchev–Trinajstić information content (AvgIpc) is 2.70. The van der Waals surface area contributed by atoms with E-state index in [9.17, 15) is 4.79 Å². The number of rotatable bonds is 9. The molecule has 2 rings (SSSR count). The van der Waals surface area contributed by atoms with Gasteiger partial charge in [-0.1, -0.05) is 75.2 Å². The van der Waals surface area contributed by atoms with Crippen molar-refractivity contribution >= 4 is 5.91 Å². The van der Waals surface area contributed by atoms with Crippen LogP contribution in [0.1, 0.15) is 66.7 Å². The van der Waals surface area contributed by atoms with Crippen LogP contribution in [-0.2, 0) is 0 Å². The van der Waals surface area contributed by atoms with E-state index in [2.05, 4.69) is 50.2 Å². The summed E-state index contributed by atoms with van der Waals surface area (Å²) in [5.41, 5.74) is 3.97. The standard InChI is InChI=1S/C25H36N2O/c1-7-21(8-2)17-27(6)20(5)24(22-15-10-9-11-16-22)26-25(28)23-18(3)13-12-14-19(23)4/h9-16,20-21,24H,7-8,17H2,1-6H3,(H,26,28)/t20?,24-/m0/s1. The molecule has 0 spiro atoms. The molecule has 2 atom stereocenters. The topological polar surface area (TPSA) is 32.3 Å². The number of aryl methyl sites for hydroxylation is 2. The Labute approximate surface area is 171 Å². The van der Waals surface area contributed by atoms with Gasteiger partial charge in [0.05, 0.1) is 6.04 Å². The van der Waals surface area contributed by atoms with E-state index in [-0.39, 0.29) is 18.0 Å². The monoisotopic (exact) mass is 380 g/mol. The lowest BCUT2D eigenvalue weighted by molar-refractivity contribution is 0.0896. The van der Waals surface area contributed by atoms with Gasteiger partial charge in [0.25, 0.3) is 5.91 Å². The Morgan fingerprint density at radius 2 is 1.54 bits per heavy atom. The summed E-state index contributed by atoms with van der Waals surface area (Å²) in [7, 11) is 2.17. The quantitative estimate of drug-likeness (QED) is 0.620. The Morgan fingerprint density at radius 1 is 0.964 bits per heavy atom. The van der Waals surface area contributed by atoms with Crippen LogP contribution < -0.4 is 5.32 Å². The first-order chi connectivity index (χ1) is 13.4. The minimum absolute atomic E-state index is 0.00670. The molecule has 2 aromatic carbocycles. The highest BCUT2D eigenvalue weighted by Crippen LogP contribution is 2.24. The first-order valence-corrected chi connectivity index (χ1v) is 10.5. The third-order valence-electron chi connectivity index (χ3n) is 6.03. The van der Waals surface area contributed by atoms with Crippen LogP contribution >= 0.6 is 0 Å². The van der Waals surface area contributed by atoms with Crippen LogP contribution in [0.2, 0.25) is 0 Å². The second-order valence-corrected chi connectivity index (χ2v) is 7.99. The number of carbonyl (C=O) groups excluding carboxylic acids is 1. The lowest BCUT2D eigenvalue weighted by atomic mass is 9.95. The van der Waals surface area contributed by atoms with Crippen LogP contribution in [0.25, 0.3) is 0 Å². The van der Waals surface area contributed by atoms with Gasteiger partial charge in [0, 0.05) is 18.2 Å². The number of benzene rings is 2. The van der Waals surface area contributed by atoms with Crippen molar-refractivity contribution in [2.24, 2.45) is 5.92 Å². The maximum atomic E-state index is 13.2. The number of likely N-dealkylation sites (N-methyl/N-ethyl adjacent to an activating group) is 1. The van der Waals surface area contributed by atoms with Crippen molar-refractivity contribution in [1.82, 2.24) is 10.2 Å². The molecule has 3 heteroatoms. The fourth-order valence-corrected chi connectivity index (χ4v) is 3.90. The normalized spacial score (nSPS) is 13.6. The fourth-order valence-electron chi connectivity index (χ4n) is 3.90. The third kappa shape index (κ3) is 5.45. The van der Waals surface area contributed by atoms with Gasteiger partial charge in [-0.2, -0.15) is 0 Å². The second kappa shape index (κ2) is 10.4. The van der Waals surface area contributed by atoms with Gasteiger partial charge in [-0.25, -0.2) is 0 Å². The van der Waals surface area contributed by atoms with Gasteiger partial charge in [0.15, 0.2) is 0 Å². The van der Waals surface area contributed by atoms with Crippen LogP contribution in [0.3, 0.4) is 0 Å². The van der Waals surface area contributed by atoms with Crippen LogP contribution in [0.5, 0.6) is 0 Å². The van der Waals surface area contributed by atoms with Crippen molar-refractivity contribution in [2.75, 3.05) is 13.6 Å². The summed E-state index contributed by atoms with van der Waals surface area (Å²) in [5, 5.41) is 3.34. The summed E-state index contributed by atoms with van der Waals surface area (Å²) in [4.78, 5) is 15.6. The maximum Gasteiger partial charge on any atom is 0.252 e. The zero-order valence-corrected chi connectivity index (χ0v) is 18.3. The third-order valence-corrected chi connectivity index (χ3v) is 6.03. The molecule has 0 aliphatic carbocycles. The number of nitrogens with one attached hydrogen (secondary N) is 1. The zero-order chi connectivity index (χ0) is 20.7. The minimum Gasteiger partial charge on any atom is -0.344 e. The van der Waals surface area contributed by atoms with Crippen LogP contribution in [-0.4, -0.2) is 30.4 Å². The molecule has 2 aromatic rings. The van der Waals surface area contributed by atoms with Gasteiger partial charge < -0.3 is 10.2 Å². The predicted molar refractivity (Wildman–Crippen MR) is 119 cm³/mol. The molecule has 0 fully saturated rings. The van der Waals surface area contributed by atoms with Crippen molar-refractivity contribution in [3.05, 3.63) is 70.8 Å². The van der Waals surface area contributed by atoms with Gasteiger partial charge in [0.1, 0.15) is 0 Å². The number of hydrogen-bond acceptors (Lipinski definition) is 2. The van der Waals surface area contributed by atoms with Crippen molar-refractivity contribution in [3.8, 4) is 0 Å². The highest BCUT2D eigenvalue weighted by Gasteiger charge is 2.26. The van der Waals surface area contributed by atoms with Gasteiger partial charge in [-0.3, -0.25) is 4.79 Å². The summed E-state index contributed by atoms with van der Waals surface area (Å²) in [6, 6.07) is 16.5. The van der Waals surface area contributed by atoms with Gasteiger partial charge in [0.2, 0.25) is 0 Å². The van der Waals surface area contributed by atoms with E-state index in [0.717, 1.165) is 28.8 Å². The molecule has 152 valence electrons. The Balaban J connectivity index is 2.29. The van der Waals surface area contributed by atoms with Crippen molar-refractivity contribution in [2.45, 2.75) is 59.5 Å². The lowest BCUT2D eigenvalue weighted by Gasteiger charge is -2.35. The molecule has 1 unspecified atom stereocenters. The number of hydrogen-bond donors (Lipinski definition) is 1. The number of amides is 1. The first-order valence-electron chi connectivity index (χ1n) is 10.5. The first kappa shape index (κ1) is 22.2. The molecule has 0 saturated heterocycles. The number of carbonyl (C=O) groups is 1. The molecule has 0 heterocycles. The van der Waals surface area contributed by atoms with E-state index in [1.165, 1.54) is 12.8 Å². The predicted octanol–water partition coefficient (Wildman–Crippen LogP) is 5.53. The average molecular weight is 381 g/mol. The van der Waals surface area contributed by atoms with Gasteiger partial charge in [-0.15, -0.1) is 0 Å². The summed E-state index contributed by atoms with van der Waals surface area (Å²) >= 11 is 0. The summed E-state index contributed by atoms with van der Waals surface area (Å²) < 4.78 is 0. The molecule has 0 aliphatic heterocycles. The smallest absolute Gasteiger partial charge is 0.252 e. The van der Waals surface area contributed by atoms with Crippen LogP contribution in [0, 0.1) is 19.8 Å². The Bertz CT molecular complexity index is 732. The molecule has 0 saturated carbocycles. The SMILES string of the molecule is CCC(CC)CN(C)C(C)[C@H](NC(=O)c1c(C)cccc1C)c1ccccc1. The molecule has 3 nitrogen and oxygen atoms in total. The Morgan fingerprint density at radius 3 is 2.07 bits per heavy atom. The van der Waals surface area contributed by atoms with E-state index in [1.807, 2.05) is 50.2 Å². The van der Waals surface area contributed by atoms with Crippen molar-refractivity contribution in [1.29, 1.82) is 0 Å². The van der Waals surface area contributed by atoms with Crippen LogP contribution in [0.4, 0.5) is 0 Å². The van der Waals surface area contributed by atoms with Crippen LogP contribution in [0.15, 0.2) is 48.5 Å². The summed E-state index contributed by atoms with van der Waals surface area (Å²) in [5.74, 6) is 0.686. The second-order valence-electron chi connectivity index (χ2n) is 7.99. The van der Waals surface area contributed by atoms with E-state index in [1.54, 1.807) is 0 Å². The summed E-state index contributed by atoms with van der Waals surface area (Å²) in [6.07, 6.45) is 2.36. The minimum atomic E-state index is -0.0629. The Kier molecular flexibility index (Phi) is 8.25. The molecule has 28 heavy (non-hydrogen) atoms. The molecule has 1 amide bonds. The molecule has 0 aliphatic rings. The summed E-state index contributed by atoms with van der Waals surface area (Å²) in [6.45, 7) is 11.8. The molecule has 0 radical (unpaired) electrons. The zero-order valence-electron chi connectivity index (χ0n) is 18.3. The molecular formula is C25H36N2O. The van der Waals surface area contributed by atoms with Crippen molar-refractivity contribution in [3.63, 3.8) is 0 Å². The van der Waals surface area contributed by atoms with Crippen molar-refractivity contribution < 1.29 is 4.79 Å². The molecule has 1 N–H and O–H groups in total. The molecule has 0 bridgehead atoms. The van der Waals surface area contributed by atoms with E-state index in [0.29, 0.717) is 5.92 Å². The maximum absolute atomic E-state index is 13.2. The molecule has 0 aromatic heterocycles. The molecular weight excluding hydrogens is 344 g/mol. The van der Waals surface area contributed by atoms with E-state index < -0.39 is 0 Å². The van der Waals surface area contributed by atoms with E-state index >= 15 is 0 Å². The fraction of sp³-hybridized carbons (Fsp3) is 0.480. The lowest BCUT2D eigenvalue weighted by Crippen LogP contribution is -2.44. The van der Waals surface area contributed by atoms with Gasteiger partial charge >= 0.3 is 0 Å². The van der Waals surface area contributed by atoms with Gasteiger partial charge in [-0.05, 0) is 50.4 Å². The Hall–Kier alpha value is -2.13. The number of nitrogens with zero attached hydrogens (tertiary/aromatic N) is 1. The largest absolute Gasteiger partial charge is 0.344 e.